The first kappa shape index (κ1) is 25.2. The number of amides is 2. The Labute approximate surface area is 191 Å². The Balaban J connectivity index is 2.20. The van der Waals surface area contributed by atoms with Crippen molar-refractivity contribution in [1.29, 1.82) is 0 Å². The maximum atomic E-state index is 13.3. The number of methoxy groups -OCH3 is 2. The number of ether oxygens (including phenoxy) is 2. The molecule has 2 rings (SSSR count). The van der Waals surface area contributed by atoms with Crippen molar-refractivity contribution in [2.24, 2.45) is 0 Å². The minimum absolute atomic E-state index is 0.0465. The normalized spacial score (nSPS) is 12.5. The van der Waals surface area contributed by atoms with E-state index >= 15 is 0 Å². The van der Waals surface area contributed by atoms with Crippen molar-refractivity contribution in [1.82, 2.24) is 10.2 Å². The molecule has 2 aromatic rings. The number of benzene rings is 2. The minimum atomic E-state index is -0.512. The molecular weight excluding hydrogens is 404 g/mol. The molecule has 0 fully saturated rings. The van der Waals surface area contributed by atoms with E-state index in [1.54, 1.807) is 19.1 Å². The number of nitrogens with zero attached hydrogens (tertiary/aromatic N) is 1. The van der Waals surface area contributed by atoms with Crippen LogP contribution in [-0.2, 0) is 22.6 Å². The zero-order chi connectivity index (χ0) is 23.5. The number of carbonyl (C=O) groups excluding carboxylic acids is 2. The standard InChI is InChI=1S/C26H36N2O4/c1-6-19(3)27-26(30)22(7-2)28(18-21-11-9-8-10-12-21)25(29)16-14-20-13-15-23(31-4)24(17-20)32-5/h8-13,15,17,19,22H,6-7,14,16,18H2,1-5H3,(H,27,30)/t19-,22+/m1/s1. The van der Waals surface area contributed by atoms with Crippen LogP contribution in [0.25, 0.3) is 0 Å². The highest BCUT2D eigenvalue weighted by atomic mass is 16.5. The predicted molar refractivity (Wildman–Crippen MR) is 127 cm³/mol. The van der Waals surface area contributed by atoms with Gasteiger partial charge in [-0.05, 0) is 49.4 Å². The van der Waals surface area contributed by atoms with Crippen molar-refractivity contribution in [3.8, 4) is 11.5 Å². The van der Waals surface area contributed by atoms with Gasteiger partial charge in [0.05, 0.1) is 14.2 Å². The van der Waals surface area contributed by atoms with Gasteiger partial charge in [-0.25, -0.2) is 0 Å². The van der Waals surface area contributed by atoms with Gasteiger partial charge < -0.3 is 19.7 Å². The largest absolute Gasteiger partial charge is 0.493 e. The zero-order valence-corrected chi connectivity index (χ0v) is 19.9. The molecule has 0 aromatic heterocycles. The molecule has 0 aliphatic heterocycles. The van der Waals surface area contributed by atoms with E-state index < -0.39 is 6.04 Å². The number of hydrogen-bond acceptors (Lipinski definition) is 4. The molecule has 0 bridgehead atoms. The second-order valence-corrected chi connectivity index (χ2v) is 7.94. The Morgan fingerprint density at radius 3 is 2.22 bits per heavy atom. The molecule has 2 amide bonds. The van der Waals surface area contributed by atoms with E-state index in [0.29, 0.717) is 37.3 Å². The van der Waals surface area contributed by atoms with Crippen LogP contribution in [0.1, 0.15) is 51.2 Å². The summed E-state index contributed by atoms with van der Waals surface area (Å²) < 4.78 is 10.7. The molecule has 0 saturated carbocycles. The quantitative estimate of drug-likeness (QED) is 0.533. The van der Waals surface area contributed by atoms with Gasteiger partial charge in [-0.1, -0.05) is 50.2 Å². The van der Waals surface area contributed by atoms with Gasteiger partial charge in [-0.15, -0.1) is 0 Å². The monoisotopic (exact) mass is 440 g/mol. The molecule has 0 heterocycles. The summed E-state index contributed by atoms with van der Waals surface area (Å²) in [5.41, 5.74) is 1.98. The zero-order valence-electron chi connectivity index (χ0n) is 19.9. The van der Waals surface area contributed by atoms with Crippen LogP contribution in [-0.4, -0.2) is 43.0 Å². The lowest BCUT2D eigenvalue weighted by molar-refractivity contribution is -0.141. The Kier molecular flexibility index (Phi) is 10.1. The third-order valence-corrected chi connectivity index (χ3v) is 5.66. The van der Waals surface area contributed by atoms with Crippen LogP contribution in [0.2, 0.25) is 0 Å². The van der Waals surface area contributed by atoms with E-state index in [1.165, 1.54) is 0 Å². The maximum Gasteiger partial charge on any atom is 0.243 e. The molecule has 0 aliphatic rings. The second kappa shape index (κ2) is 12.7. The summed E-state index contributed by atoms with van der Waals surface area (Å²) in [5.74, 6) is 1.14. The van der Waals surface area contributed by atoms with E-state index in [-0.39, 0.29) is 17.9 Å². The predicted octanol–water partition coefficient (Wildman–Crippen LogP) is 4.36. The Morgan fingerprint density at radius 1 is 0.938 bits per heavy atom. The van der Waals surface area contributed by atoms with Gasteiger partial charge in [0.15, 0.2) is 11.5 Å². The molecule has 6 nitrogen and oxygen atoms in total. The van der Waals surface area contributed by atoms with Crippen LogP contribution in [0.15, 0.2) is 48.5 Å². The van der Waals surface area contributed by atoms with Crippen molar-refractivity contribution in [3.63, 3.8) is 0 Å². The molecule has 174 valence electrons. The molecule has 2 aromatic carbocycles. The molecule has 0 radical (unpaired) electrons. The fraction of sp³-hybridized carbons (Fsp3) is 0.462. The highest BCUT2D eigenvalue weighted by Crippen LogP contribution is 2.28. The smallest absolute Gasteiger partial charge is 0.243 e. The fourth-order valence-electron chi connectivity index (χ4n) is 3.57. The first-order valence-electron chi connectivity index (χ1n) is 11.3. The maximum absolute atomic E-state index is 13.3. The average Bonchev–Trinajstić information content (AvgIpc) is 2.82. The summed E-state index contributed by atoms with van der Waals surface area (Å²) in [6.07, 6.45) is 2.24. The second-order valence-electron chi connectivity index (χ2n) is 7.94. The average molecular weight is 441 g/mol. The van der Waals surface area contributed by atoms with Crippen LogP contribution in [0.4, 0.5) is 0 Å². The molecule has 0 unspecified atom stereocenters. The molecule has 6 heteroatoms. The topological polar surface area (TPSA) is 67.9 Å². The van der Waals surface area contributed by atoms with Gasteiger partial charge in [-0.2, -0.15) is 0 Å². The third-order valence-electron chi connectivity index (χ3n) is 5.66. The summed E-state index contributed by atoms with van der Waals surface area (Å²) in [5, 5.41) is 3.04. The van der Waals surface area contributed by atoms with Gasteiger partial charge in [0.2, 0.25) is 11.8 Å². The van der Waals surface area contributed by atoms with Crippen molar-refractivity contribution in [2.75, 3.05) is 14.2 Å². The lowest BCUT2D eigenvalue weighted by Crippen LogP contribution is -2.50. The van der Waals surface area contributed by atoms with Crippen LogP contribution in [0.5, 0.6) is 11.5 Å². The van der Waals surface area contributed by atoms with Crippen molar-refractivity contribution in [3.05, 3.63) is 59.7 Å². The third kappa shape index (κ3) is 7.01. The summed E-state index contributed by atoms with van der Waals surface area (Å²) >= 11 is 0. The van der Waals surface area contributed by atoms with Crippen molar-refractivity contribution < 1.29 is 19.1 Å². The Morgan fingerprint density at radius 2 is 1.62 bits per heavy atom. The number of rotatable bonds is 12. The van der Waals surface area contributed by atoms with Gasteiger partial charge in [0, 0.05) is 19.0 Å². The molecule has 0 aliphatic carbocycles. The van der Waals surface area contributed by atoms with Gasteiger partial charge in [0.25, 0.3) is 0 Å². The van der Waals surface area contributed by atoms with Gasteiger partial charge >= 0.3 is 0 Å². The Hall–Kier alpha value is -3.02. The molecular formula is C26H36N2O4. The molecule has 1 N–H and O–H groups in total. The molecule has 0 spiro atoms. The number of nitrogens with one attached hydrogen (secondary N) is 1. The highest BCUT2D eigenvalue weighted by molar-refractivity contribution is 5.88. The van der Waals surface area contributed by atoms with E-state index in [0.717, 1.165) is 17.5 Å². The van der Waals surface area contributed by atoms with Crippen molar-refractivity contribution >= 4 is 11.8 Å². The molecule has 0 saturated heterocycles. The molecule has 2 atom stereocenters. The van der Waals surface area contributed by atoms with E-state index in [1.807, 2.05) is 69.3 Å². The first-order chi connectivity index (χ1) is 15.4. The summed E-state index contributed by atoms with van der Waals surface area (Å²) in [6.45, 7) is 6.35. The number of carbonyl (C=O) groups is 2. The lowest BCUT2D eigenvalue weighted by atomic mass is 10.1. The lowest BCUT2D eigenvalue weighted by Gasteiger charge is -2.31. The van der Waals surface area contributed by atoms with Crippen LogP contribution >= 0.6 is 0 Å². The number of hydrogen-bond donors (Lipinski definition) is 1. The van der Waals surface area contributed by atoms with E-state index in [4.69, 9.17) is 9.47 Å². The number of aryl methyl sites for hydroxylation is 1. The van der Waals surface area contributed by atoms with E-state index in [2.05, 4.69) is 5.32 Å². The summed E-state index contributed by atoms with van der Waals surface area (Å²) in [6, 6.07) is 15.0. The van der Waals surface area contributed by atoms with Crippen molar-refractivity contribution in [2.45, 2.75) is 65.1 Å². The summed E-state index contributed by atoms with van der Waals surface area (Å²) in [7, 11) is 3.19. The van der Waals surface area contributed by atoms with Gasteiger partial charge in [0.1, 0.15) is 6.04 Å². The summed E-state index contributed by atoms with van der Waals surface area (Å²) in [4.78, 5) is 28.0. The SMILES string of the molecule is CC[C@@H](C)NC(=O)[C@H](CC)N(Cc1ccccc1)C(=O)CCc1ccc(OC)c(OC)c1. The van der Waals surface area contributed by atoms with E-state index in [9.17, 15) is 9.59 Å². The van der Waals surface area contributed by atoms with Gasteiger partial charge in [-0.3, -0.25) is 9.59 Å². The van der Waals surface area contributed by atoms with Crippen LogP contribution in [0, 0.1) is 0 Å². The highest BCUT2D eigenvalue weighted by Gasteiger charge is 2.29. The van der Waals surface area contributed by atoms with Crippen LogP contribution < -0.4 is 14.8 Å². The first-order valence-corrected chi connectivity index (χ1v) is 11.3. The van der Waals surface area contributed by atoms with Crippen LogP contribution in [0.3, 0.4) is 0 Å². The Bertz CT molecular complexity index is 869. The fourth-order valence-corrected chi connectivity index (χ4v) is 3.57. The molecule has 32 heavy (non-hydrogen) atoms. The minimum Gasteiger partial charge on any atom is -0.493 e.